The number of pyridine rings is 2. The van der Waals surface area contributed by atoms with Gasteiger partial charge in [0, 0.05) is 45.0 Å². The number of halogens is 1. The Morgan fingerprint density at radius 2 is 1.79 bits per heavy atom. The van der Waals surface area contributed by atoms with Crippen LogP contribution < -0.4 is 16.0 Å². The molecule has 12 nitrogen and oxygen atoms in total. The summed E-state index contributed by atoms with van der Waals surface area (Å²) in [5, 5.41) is 18.3. The molecule has 1 aliphatic heterocycles. The molecule has 0 bridgehead atoms. The van der Waals surface area contributed by atoms with Gasteiger partial charge in [-0.05, 0) is 48.6 Å². The highest BCUT2D eigenvalue weighted by Gasteiger charge is 2.37. The minimum Gasteiger partial charge on any atom is -0.465 e. The molecule has 39 heavy (non-hydrogen) atoms. The van der Waals surface area contributed by atoms with Gasteiger partial charge in [0.2, 0.25) is 5.91 Å². The van der Waals surface area contributed by atoms with Crippen LogP contribution in [0.5, 0.6) is 0 Å². The predicted molar refractivity (Wildman–Crippen MR) is 146 cm³/mol. The third kappa shape index (κ3) is 6.79. The summed E-state index contributed by atoms with van der Waals surface area (Å²) in [7, 11) is 3.36. The van der Waals surface area contributed by atoms with Crippen molar-refractivity contribution < 1.29 is 24.3 Å². The van der Waals surface area contributed by atoms with E-state index in [1.807, 2.05) is 0 Å². The van der Waals surface area contributed by atoms with Crippen LogP contribution in [0.15, 0.2) is 30.6 Å². The van der Waals surface area contributed by atoms with Crippen LogP contribution >= 0.6 is 23.8 Å². The molecule has 4 rings (SSSR count). The van der Waals surface area contributed by atoms with E-state index in [2.05, 4.69) is 25.9 Å². The molecule has 0 spiro atoms. The van der Waals surface area contributed by atoms with Crippen LogP contribution in [0.2, 0.25) is 5.02 Å². The van der Waals surface area contributed by atoms with Gasteiger partial charge in [-0.1, -0.05) is 23.8 Å². The molecule has 3 heterocycles. The van der Waals surface area contributed by atoms with E-state index in [9.17, 15) is 24.3 Å². The topological polar surface area (TPSA) is 157 Å². The summed E-state index contributed by atoms with van der Waals surface area (Å²) in [6.07, 6.45) is 3.22. The minimum atomic E-state index is -1.04. The standard InChI is InChI=1S/C25H28ClN7O5S/c1-32(2)24(36)13-3-5-17(30-23(39)22(35)31-20-6-4-16(26)10-28-20)18(7-13)29-21(34)19-8-14-11-33(25(37)38)12-15(14)9-27-19/h4,6,8-10,13,17-18H,3,5,7,11-12H2,1-2H3,(H,29,34)(H,30,39)(H,37,38)(H,28,31,35)/t13-,17-,18+/m0/s1. The maximum atomic E-state index is 13.2. The van der Waals surface area contributed by atoms with Gasteiger partial charge in [0.25, 0.3) is 11.8 Å². The van der Waals surface area contributed by atoms with Gasteiger partial charge in [-0.3, -0.25) is 24.3 Å². The van der Waals surface area contributed by atoms with Gasteiger partial charge in [0.15, 0.2) is 4.99 Å². The maximum Gasteiger partial charge on any atom is 0.407 e. The van der Waals surface area contributed by atoms with Gasteiger partial charge in [0.1, 0.15) is 11.5 Å². The van der Waals surface area contributed by atoms with Crippen LogP contribution in [-0.4, -0.2) is 79.9 Å². The van der Waals surface area contributed by atoms with Gasteiger partial charge < -0.3 is 26.0 Å². The molecular weight excluding hydrogens is 546 g/mol. The second-order valence-electron chi connectivity index (χ2n) is 9.70. The molecule has 1 saturated carbocycles. The van der Waals surface area contributed by atoms with Crippen molar-refractivity contribution in [2.24, 2.45) is 5.92 Å². The van der Waals surface area contributed by atoms with E-state index in [4.69, 9.17) is 23.8 Å². The third-order valence-corrected chi connectivity index (χ3v) is 7.28. The SMILES string of the molecule is CN(C)C(=O)[C@H]1CC[C@H](NC(=S)C(=O)Nc2ccc(Cl)cn2)[C@H](NC(=O)c2cc3c(cn2)CN(C(=O)O)C3)C1. The normalized spacial score (nSPS) is 20.0. The lowest BCUT2D eigenvalue weighted by Gasteiger charge is -2.37. The van der Waals surface area contributed by atoms with Crippen molar-refractivity contribution in [2.45, 2.75) is 44.4 Å². The van der Waals surface area contributed by atoms with E-state index in [1.165, 1.54) is 22.2 Å². The molecule has 206 valence electrons. The number of aromatic nitrogens is 2. The van der Waals surface area contributed by atoms with Crippen molar-refractivity contribution >= 4 is 58.4 Å². The third-order valence-electron chi connectivity index (χ3n) is 6.76. The highest BCUT2D eigenvalue weighted by atomic mass is 35.5. The largest absolute Gasteiger partial charge is 0.465 e. The fraction of sp³-hybridized carbons (Fsp3) is 0.400. The second-order valence-corrected chi connectivity index (χ2v) is 10.5. The predicted octanol–water partition coefficient (Wildman–Crippen LogP) is 2.03. The molecule has 3 atom stereocenters. The van der Waals surface area contributed by atoms with Crippen molar-refractivity contribution in [2.75, 3.05) is 19.4 Å². The summed E-state index contributed by atoms with van der Waals surface area (Å²) in [5.41, 5.74) is 1.59. The maximum absolute atomic E-state index is 13.2. The molecule has 2 aromatic rings. The Morgan fingerprint density at radius 3 is 2.46 bits per heavy atom. The summed E-state index contributed by atoms with van der Waals surface area (Å²) in [5.74, 6) is -1.13. The minimum absolute atomic E-state index is 0.0498. The number of amides is 4. The Kier molecular flexibility index (Phi) is 8.60. The molecule has 0 radical (unpaired) electrons. The molecular formula is C25H28ClN7O5S. The van der Waals surface area contributed by atoms with Gasteiger partial charge in [-0.25, -0.2) is 9.78 Å². The molecule has 2 aromatic heterocycles. The zero-order valence-corrected chi connectivity index (χ0v) is 22.9. The van der Waals surface area contributed by atoms with Crippen LogP contribution in [-0.2, 0) is 22.7 Å². The molecule has 2 aliphatic rings. The fourth-order valence-electron chi connectivity index (χ4n) is 4.73. The van der Waals surface area contributed by atoms with Crippen molar-refractivity contribution in [1.82, 2.24) is 30.4 Å². The number of anilines is 1. The van der Waals surface area contributed by atoms with Crippen LogP contribution in [0, 0.1) is 5.92 Å². The van der Waals surface area contributed by atoms with Crippen LogP contribution in [0.3, 0.4) is 0 Å². The zero-order valence-electron chi connectivity index (χ0n) is 21.3. The lowest BCUT2D eigenvalue weighted by atomic mass is 9.81. The van der Waals surface area contributed by atoms with Crippen molar-refractivity contribution in [3.8, 4) is 0 Å². The van der Waals surface area contributed by atoms with Gasteiger partial charge in [0.05, 0.1) is 17.6 Å². The van der Waals surface area contributed by atoms with Gasteiger partial charge >= 0.3 is 6.09 Å². The van der Waals surface area contributed by atoms with Crippen LogP contribution in [0.25, 0.3) is 0 Å². The van der Waals surface area contributed by atoms with E-state index in [0.29, 0.717) is 29.8 Å². The van der Waals surface area contributed by atoms with Crippen molar-refractivity contribution in [3.05, 3.63) is 52.4 Å². The number of hydrogen-bond donors (Lipinski definition) is 4. The number of carboxylic acid groups (broad SMARTS) is 1. The first-order valence-electron chi connectivity index (χ1n) is 12.2. The molecule has 4 amide bonds. The highest BCUT2D eigenvalue weighted by Crippen LogP contribution is 2.27. The fourth-order valence-corrected chi connectivity index (χ4v) is 5.05. The molecule has 14 heteroatoms. The van der Waals surface area contributed by atoms with E-state index in [-0.39, 0.29) is 41.4 Å². The number of nitrogens with one attached hydrogen (secondary N) is 3. The Morgan fingerprint density at radius 1 is 1.05 bits per heavy atom. The first-order valence-corrected chi connectivity index (χ1v) is 13.0. The lowest BCUT2D eigenvalue weighted by molar-refractivity contribution is -0.134. The Labute approximate surface area is 235 Å². The van der Waals surface area contributed by atoms with E-state index in [1.54, 1.807) is 32.3 Å². The quantitative estimate of drug-likeness (QED) is 0.393. The van der Waals surface area contributed by atoms with Gasteiger partial charge in [-0.15, -0.1) is 0 Å². The summed E-state index contributed by atoms with van der Waals surface area (Å²) in [4.78, 5) is 60.8. The number of carbonyl (C=O) groups excluding carboxylic acids is 3. The first-order chi connectivity index (χ1) is 18.5. The number of fused-ring (bicyclic) bond motifs is 1. The monoisotopic (exact) mass is 573 g/mol. The second kappa shape index (κ2) is 11.9. The molecule has 0 aromatic carbocycles. The molecule has 1 fully saturated rings. The number of rotatable bonds is 5. The van der Waals surface area contributed by atoms with Crippen molar-refractivity contribution in [3.63, 3.8) is 0 Å². The van der Waals surface area contributed by atoms with Crippen LogP contribution in [0.4, 0.5) is 10.6 Å². The van der Waals surface area contributed by atoms with E-state index >= 15 is 0 Å². The summed E-state index contributed by atoms with van der Waals surface area (Å²) in [6, 6.07) is 3.75. The number of carbonyl (C=O) groups is 4. The van der Waals surface area contributed by atoms with E-state index < -0.39 is 30.0 Å². The number of nitrogens with zero attached hydrogens (tertiary/aromatic N) is 4. The Bertz CT molecular complexity index is 1310. The number of hydrogen-bond acceptors (Lipinski definition) is 7. The average Bonchev–Trinajstić information content (AvgIpc) is 3.34. The lowest BCUT2D eigenvalue weighted by Crippen LogP contribution is -2.57. The molecule has 0 unspecified atom stereocenters. The first kappa shape index (κ1) is 28.2. The van der Waals surface area contributed by atoms with Crippen LogP contribution in [0.1, 0.15) is 40.9 Å². The summed E-state index contributed by atoms with van der Waals surface area (Å²) >= 11 is 11.2. The summed E-state index contributed by atoms with van der Waals surface area (Å²) in [6.45, 7) is 0.389. The molecule has 4 N–H and O–H groups in total. The molecule has 1 aliphatic carbocycles. The van der Waals surface area contributed by atoms with Crippen molar-refractivity contribution in [1.29, 1.82) is 0 Å². The highest BCUT2D eigenvalue weighted by molar-refractivity contribution is 7.82. The number of thiocarbonyl (C=S) groups is 1. The molecule has 0 saturated heterocycles. The average molecular weight is 574 g/mol. The Balaban J connectivity index is 1.46. The Hall–Kier alpha value is -3.84. The van der Waals surface area contributed by atoms with Gasteiger partial charge in [-0.2, -0.15) is 0 Å². The smallest absolute Gasteiger partial charge is 0.407 e. The van der Waals surface area contributed by atoms with E-state index in [0.717, 1.165) is 5.56 Å². The zero-order chi connectivity index (χ0) is 28.3. The summed E-state index contributed by atoms with van der Waals surface area (Å²) < 4.78 is 0.